The van der Waals surface area contributed by atoms with Crippen molar-refractivity contribution in [2.45, 2.75) is 26.2 Å². The van der Waals surface area contributed by atoms with Gasteiger partial charge in [0.25, 0.3) is 5.91 Å². The molecule has 5 nitrogen and oxygen atoms in total. The summed E-state index contributed by atoms with van der Waals surface area (Å²) in [6.45, 7) is 2.45. The fourth-order valence-electron chi connectivity index (χ4n) is 2.17. The number of ether oxygens (including phenoxy) is 1. The van der Waals surface area contributed by atoms with Crippen molar-refractivity contribution in [2.75, 3.05) is 13.2 Å². The van der Waals surface area contributed by atoms with Gasteiger partial charge in [-0.2, -0.15) is 0 Å². The molecule has 0 bridgehead atoms. The highest BCUT2D eigenvalue weighted by Gasteiger charge is 2.04. The summed E-state index contributed by atoms with van der Waals surface area (Å²) >= 11 is 0. The van der Waals surface area contributed by atoms with Crippen LogP contribution in [0.4, 0.5) is 0 Å². The molecule has 2 rings (SSSR count). The Morgan fingerprint density at radius 1 is 1.17 bits per heavy atom. The summed E-state index contributed by atoms with van der Waals surface area (Å²) in [7, 11) is 0. The minimum Gasteiger partial charge on any atom is -0.452 e. The Morgan fingerprint density at radius 3 is 2.83 bits per heavy atom. The van der Waals surface area contributed by atoms with Crippen LogP contribution in [0.3, 0.4) is 0 Å². The molecule has 0 aliphatic heterocycles. The number of carbonyl (C=O) groups is 2. The number of benzene rings is 1. The first-order valence-corrected chi connectivity index (χ1v) is 8.16. The average molecular weight is 326 g/mol. The molecule has 126 valence electrons. The van der Waals surface area contributed by atoms with Gasteiger partial charge in [0.2, 0.25) is 0 Å². The first kappa shape index (κ1) is 17.7. The van der Waals surface area contributed by atoms with Crippen molar-refractivity contribution in [3.05, 3.63) is 48.2 Å². The number of aromatic nitrogens is 1. The maximum atomic E-state index is 11.6. The number of pyridine rings is 1. The highest BCUT2D eigenvalue weighted by Crippen LogP contribution is 2.12. The number of amides is 1. The molecule has 0 radical (unpaired) electrons. The fourth-order valence-corrected chi connectivity index (χ4v) is 2.17. The molecule has 0 atom stereocenters. The van der Waals surface area contributed by atoms with Crippen molar-refractivity contribution < 1.29 is 14.3 Å². The molecule has 0 aliphatic carbocycles. The van der Waals surface area contributed by atoms with Crippen LogP contribution in [0.15, 0.2) is 42.5 Å². The average Bonchev–Trinajstić information content (AvgIpc) is 2.61. The van der Waals surface area contributed by atoms with Crippen LogP contribution >= 0.6 is 0 Å². The van der Waals surface area contributed by atoms with Crippen LogP contribution in [0.1, 0.15) is 31.9 Å². The molecule has 0 unspecified atom stereocenters. The van der Waals surface area contributed by atoms with Gasteiger partial charge >= 0.3 is 5.97 Å². The van der Waals surface area contributed by atoms with Gasteiger partial charge in [0.1, 0.15) is 0 Å². The molecule has 2 aromatic rings. The Bertz CT molecular complexity index is 725. The van der Waals surface area contributed by atoms with Crippen molar-refractivity contribution >= 4 is 28.9 Å². The predicted molar refractivity (Wildman–Crippen MR) is 94.3 cm³/mol. The number of hydrogen-bond acceptors (Lipinski definition) is 4. The molecule has 1 aromatic heterocycles. The molecule has 24 heavy (non-hydrogen) atoms. The second-order valence-corrected chi connectivity index (χ2v) is 5.43. The lowest BCUT2D eigenvalue weighted by Gasteiger charge is -2.04. The molecular weight excluding hydrogens is 304 g/mol. The summed E-state index contributed by atoms with van der Waals surface area (Å²) in [6.07, 6.45) is 5.96. The smallest absolute Gasteiger partial charge is 0.331 e. The SMILES string of the molecule is CCCCCNC(=O)COC(=O)/C=C/c1ccc2ccccc2n1. The third kappa shape index (κ3) is 5.83. The van der Waals surface area contributed by atoms with E-state index in [1.807, 2.05) is 36.4 Å². The van der Waals surface area contributed by atoms with Gasteiger partial charge in [-0.05, 0) is 24.6 Å². The van der Waals surface area contributed by atoms with Crippen LogP contribution in [0.5, 0.6) is 0 Å². The summed E-state index contributed by atoms with van der Waals surface area (Å²) in [4.78, 5) is 27.6. The van der Waals surface area contributed by atoms with E-state index in [1.165, 1.54) is 6.08 Å². The highest BCUT2D eigenvalue weighted by molar-refractivity contribution is 5.89. The van der Waals surface area contributed by atoms with Crippen LogP contribution in [0.2, 0.25) is 0 Å². The van der Waals surface area contributed by atoms with Crippen molar-refractivity contribution in [3.8, 4) is 0 Å². The van der Waals surface area contributed by atoms with E-state index in [4.69, 9.17) is 4.74 Å². The Kier molecular flexibility index (Phi) is 6.95. The zero-order chi connectivity index (χ0) is 17.2. The third-order valence-corrected chi connectivity index (χ3v) is 3.46. The maximum Gasteiger partial charge on any atom is 0.331 e. The fraction of sp³-hybridized carbons (Fsp3) is 0.316. The van der Waals surface area contributed by atoms with Crippen LogP contribution < -0.4 is 5.32 Å². The van der Waals surface area contributed by atoms with Gasteiger partial charge in [0.15, 0.2) is 6.61 Å². The van der Waals surface area contributed by atoms with E-state index >= 15 is 0 Å². The van der Waals surface area contributed by atoms with Crippen molar-refractivity contribution in [1.82, 2.24) is 10.3 Å². The van der Waals surface area contributed by atoms with Crippen molar-refractivity contribution in [1.29, 1.82) is 0 Å². The standard InChI is InChI=1S/C19H22N2O3/c1-2-3-6-13-20-18(22)14-24-19(23)12-11-16-10-9-15-7-4-5-8-17(15)21-16/h4-5,7-12H,2-3,6,13-14H2,1H3,(H,20,22)/b12-11+. The van der Waals surface area contributed by atoms with Gasteiger partial charge in [-0.25, -0.2) is 9.78 Å². The first-order chi connectivity index (χ1) is 11.7. The second-order valence-electron chi connectivity index (χ2n) is 5.43. The van der Waals surface area contributed by atoms with Gasteiger partial charge < -0.3 is 10.1 Å². The largest absolute Gasteiger partial charge is 0.452 e. The van der Waals surface area contributed by atoms with E-state index in [2.05, 4.69) is 17.2 Å². The Hall–Kier alpha value is -2.69. The summed E-state index contributed by atoms with van der Waals surface area (Å²) in [5.74, 6) is -0.842. The Morgan fingerprint density at radius 2 is 2.00 bits per heavy atom. The van der Waals surface area contributed by atoms with Crippen LogP contribution in [0, 0.1) is 0 Å². The summed E-state index contributed by atoms with van der Waals surface area (Å²) in [6, 6.07) is 11.5. The number of nitrogens with one attached hydrogen (secondary N) is 1. The van der Waals surface area contributed by atoms with E-state index in [9.17, 15) is 9.59 Å². The molecule has 0 saturated heterocycles. The number of nitrogens with zero attached hydrogens (tertiary/aromatic N) is 1. The van der Waals surface area contributed by atoms with Crippen LogP contribution in [0.25, 0.3) is 17.0 Å². The zero-order valence-corrected chi connectivity index (χ0v) is 13.8. The van der Waals surface area contributed by atoms with E-state index in [0.29, 0.717) is 12.2 Å². The van der Waals surface area contributed by atoms with Gasteiger partial charge in [-0.15, -0.1) is 0 Å². The van der Waals surface area contributed by atoms with E-state index in [1.54, 1.807) is 6.08 Å². The second kappa shape index (κ2) is 9.45. The summed E-state index contributed by atoms with van der Waals surface area (Å²) in [5.41, 5.74) is 1.52. The van der Waals surface area contributed by atoms with Crippen molar-refractivity contribution in [3.63, 3.8) is 0 Å². The number of hydrogen-bond donors (Lipinski definition) is 1. The molecule has 0 spiro atoms. The van der Waals surface area contributed by atoms with E-state index < -0.39 is 5.97 Å². The molecule has 1 heterocycles. The molecule has 0 aliphatic rings. The summed E-state index contributed by atoms with van der Waals surface area (Å²) < 4.78 is 4.90. The quantitative estimate of drug-likeness (QED) is 0.460. The molecule has 5 heteroatoms. The zero-order valence-electron chi connectivity index (χ0n) is 13.8. The summed E-state index contributed by atoms with van der Waals surface area (Å²) in [5, 5.41) is 3.75. The topological polar surface area (TPSA) is 68.3 Å². The van der Waals surface area contributed by atoms with E-state index in [-0.39, 0.29) is 12.5 Å². The molecule has 1 N–H and O–H groups in total. The van der Waals surface area contributed by atoms with Crippen LogP contribution in [-0.4, -0.2) is 30.0 Å². The number of carbonyl (C=O) groups excluding carboxylic acids is 2. The van der Waals surface area contributed by atoms with Crippen molar-refractivity contribution in [2.24, 2.45) is 0 Å². The predicted octanol–water partition coefficient (Wildman–Crippen LogP) is 3.10. The maximum absolute atomic E-state index is 11.6. The molecule has 0 fully saturated rings. The number of para-hydroxylation sites is 1. The number of fused-ring (bicyclic) bond motifs is 1. The monoisotopic (exact) mass is 326 g/mol. The molecule has 1 aromatic carbocycles. The minimum atomic E-state index is -0.561. The molecule has 0 saturated carbocycles. The highest BCUT2D eigenvalue weighted by atomic mass is 16.5. The third-order valence-electron chi connectivity index (χ3n) is 3.46. The minimum absolute atomic E-state index is 0.263. The lowest BCUT2D eigenvalue weighted by Crippen LogP contribution is -2.29. The normalized spacial score (nSPS) is 10.9. The van der Waals surface area contributed by atoms with Gasteiger partial charge in [0.05, 0.1) is 11.2 Å². The Balaban J connectivity index is 1.78. The number of rotatable bonds is 8. The molecular formula is C19H22N2O3. The first-order valence-electron chi connectivity index (χ1n) is 8.16. The lowest BCUT2D eigenvalue weighted by atomic mass is 10.2. The van der Waals surface area contributed by atoms with Crippen LogP contribution in [-0.2, 0) is 14.3 Å². The lowest BCUT2D eigenvalue weighted by molar-refractivity contribution is -0.143. The van der Waals surface area contributed by atoms with E-state index in [0.717, 1.165) is 30.2 Å². The number of esters is 1. The Labute approximate surface area is 141 Å². The van der Waals surface area contributed by atoms with Gasteiger partial charge in [0, 0.05) is 18.0 Å². The number of unbranched alkanes of at least 4 members (excludes halogenated alkanes) is 2. The van der Waals surface area contributed by atoms with Gasteiger partial charge in [-0.1, -0.05) is 44.0 Å². The molecule has 1 amide bonds. The van der Waals surface area contributed by atoms with Gasteiger partial charge in [-0.3, -0.25) is 4.79 Å².